The minimum absolute atomic E-state index is 0.00691. The molecule has 26 nitrogen and oxygen atoms in total. The van der Waals surface area contributed by atoms with E-state index in [0.29, 0.717) is 19.3 Å². The van der Waals surface area contributed by atoms with Crippen molar-refractivity contribution in [1.29, 1.82) is 0 Å². The van der Waals surface area contributed by atoms with Crippen molar-refractivity contribution in [2.45, 2.75) is 180 Å². The number of rotatable bonds is 32. The van der Waals surface area contributed by atoms with Crippen LogP contribution in [0.25, 0.3) is 0 Å². The van der Waals surface area contributed by atoms with E-state index in [-0.39, 0.29) is 90.6 Å². The molecule has 2 aliphatic carbocycles. The summed E-state index contributed by atoms with van der Waals surface area (Å²) in [5.41, 5.74) is 0.824. The van der Waals surface area contributed by atoms with Crippen molar-refractivity contribution in [2.24, 2.45) is 29.4 Å². The van der Waals surface area contributed by atoms with E-state index in [1.54, 1.807) is 13.8 Å². The lowest BCUT2D eigenvalue weighted by molar-refractivity contribution is -0.249. The first-order chi connectivity index (χ1) is 41.4. The molecule has 2 aromatic carbocycles. The molecular weight excluding hydrogens is 1150 g/mol. The highest BCUT2D eigenvalue weighted by molar-refractivity contribution is 6.31. The normalized spacial score (nSPS) is 22.1. The van der Waals surface area contributed by atoms with E-state index in [1.165, 1.54) is 65.2 Å². The van der Waals surface area contributed by atoms with Gasteiger partial charge in [-0.15, -0.1) is 0 Å². The quantitative estimate of drug-likeness (QED) is 0.0244. The number of aliphatic hydroxyl groups excluding tert-OH is 2. The van der Waals surface area contributed by atoms with Crippen molar-refractivity contribution >= 4 is 75.9 Å². The summed E-state index contributed by atoms with van der Waals surface area (Å²) in [6.45, 7) is 8.07. The van der Waals surface area contributed by atoms with E-state index in [1.807, 2.05) is 0 Å². The second-order valence-electron chi connectivity index (χ2n) is 23.8. The highest BCUT2D eigenvalue weighted by Gasteiger charge is 2.51. The molecule has 2 heterocycles. The van der Waals surface area contributed by atoms with Gasteiger partial charge in [-0.2, -0.15) is 0 Å². The maximum atomic E-state index is 14.3. The van der Waals surface area contributed by atoms with E-state index in [9.17, 15) is 87.9 Å². The Morgan fingerprint density at radius 3 is 2.10 bits per heavy atom. The molecule has 0 aromatic heterocycles. The second kappa shape index (κ2) is 29.9. The number of imide groups is 1. The number of hydrogen-bond donors (Lipinski definition) is 9. The predicted octanol–water partition coefficient (Wildman–Crippen LogP) is 1.67. The minimum atomic E-state index is -2.48. The summed E-state index contributed by atoms with van der Waals surface area (Å²) in [4.78, 5) is 172. The minimum Gasteiger partial charge on any atom is -0.507 e. The fourth-order valence-electron chi connectivity index (χ4n) is 11.6. The van der Waals surface area contributed by atoms with Gasteiger partial charge in [-0.1, -0.05) is 39.3 Å². The van der Waals surface area contributed by atoms with Crippen LogP contribution in [0, 0.1) is 23.7 Å². The number of carbonyl (C=O) groups excluding carboxylic acids is 13. The van der Waals surface area contributed by atoms with Gasteiger partial charge in [0.2, 0.25) is 29.4 Å². The largest absolute Gasteiger partial charge is 0.507 e. The van der Waals surface area contributed by atoms with Gasteiger partial charge in [0.1, 0.15) is 47.1 Å². The number of hydrogen-bond acceptors (Lipinski definition) is 21. The standard InChI is InChI=1S/C62H79N5O21/c1-29(2)20-35(23-42(72)39(24-46(63)74)65-59(82)30(3)21-41(71)32(5)64-60(83)34(16-15-31(4)69)22-36(70)12-9-8-10-19-67-47(75)17-18-48(67)76)61(84)66-40-25-49(87-33(6)54(40)77)88-44-27-62(85,45(73)28-68)26-38-51(44)58(81)53-52(56(38)79)55(78)37-13-11-14-43(86-7)50(37)57(53)80/h11,13-14,17-18,29-30,32-35,39-40,44,49,54,68,77,79,81,85H,8-10,12,15-16,19-28H2,1-7H3,(H2,63,74)(H,64,83)(H,65,82)(H,66,84)/t30-,32+,33+,34-,35-,39+,40+,44+,49+,54-,62+/m1/s1. The molecule has 11 atom stereocenters. The van der Waals surface area contributed by atoms with Crippen LogP contribution >= 0.6 is 0 Å². The summed E-state index contributed by atoms with van der Waals surface area (Å²) in [6, 6.07) is 0.212. The Morgan fingerprint density at radius 1 is 0.807 bits per heavy atom. The first kappa shape index (κ1) is 69.2. The van der Waals surface area contributed by atoms with Crippen LogP contribution in [0.5, 0.6) is 17.2 Å². The summed E-state index contributed by atoms with van der Waals surface area (Å²) in [5.74, 6) is -14.1. The molecule has 1 saturated heterocycles. The van der Waals surface area contributed by atoms with Gasteiger partial charge >= 0.3 is 0 Å². The monoisotopic (exact) mass is 1230 g/mol. The number of phenolic OH excluding ortho intramolecular Hbond substituents is 2. The molecule has 4 aliphatic rings. The Kier molecular flexibility index (Phi) is 23.5. The van der Waals surface area contributed by atoms with E-state index in [2.05, 4.69) is 16.0 Å². The SMILES string of the molecule is COc1cccc2c1C(=O)c1c(O)c3c(c(O)c1C2=O)C[C@@](O)(C(=O)CO)C[C@@H]3O[C@H]1C[C@H](NC(=O)[C@@H](CC(=O)[C@H](CC(N)=O)NC(=O)[C@H](C)CC(=O)[C@H](C)NC(=O)[C@H](CCC(C)=O)CC(=O)CCCCCN2C(=O)C=CC2=O)CC(C)C)[C@H](O)[C@H](C)O1. The number of methoxy groups -OCH3 is 1. The molecule has 0 bridgehead atoms. The van der Waals surface area contributed by atoms with Gasteiger partial charge in [-0.3, -0.25) is 62.4 Å². The lowest BCUT2D eigenvalue weighted by Gasteiger charge is -2.43. The number of primary amides is 1. The van der Waals surface area contributed by atoms with Crippen LogP contribution in [0.1, 0.15) is 174 Å². The van der Waals surface area contributed by atoms with E-state index < -0.39 is 192 Å². The Bertz CT molecular complexity index is 3140. The Balaban J connectivity index is 1.10. The average Bonchev–Trinajstić information content (AvgIpc) is 0.847. The molecule has 6 rings (SSSR count). The summed E-state index contributed by atoms with van der Waals surface area (Å²) in [5, 5.41) is 64.7. The number of nitrogens with two attached hydrogens (primary N) is 1. The zero-order chi connectivity index (χ0) is 65.2. The third-order valence-electron chi connectivity index (χ3n) is 16.5. The van der Waals surface area contributed by atoms with Gasteiger partial charge in [0, 0.05) is 105 Å². The van der Waals surface area contributed by atoms with Crippen molar-refractivity contribution in [1.82, 2.24) is 20.9 Å². The van der Waals surface area contributed by atoms with E-state index in [4.69, 9.17) is 19.9 Å². The molecule has 88 heavy (non-hydrogen) atoms. The van der Waals surface area contributed by atoms with Crippen molar-refractivity contribution in [2.75, 3.05) is 20.3 Å². The van der Waals surface area contributed by atoms with Crippen LogP contribution in [0.2, 0.25) is 0 Å². The lowest BCUT2D eigenvalue weighted by Crippen LogP contribution is -2.57. The fraction of sp³-hybridized carbons (Fsp3) is 0.565. The van der Waals surface area contributed by atoms with Crippen molar-refractivity contribution < 1.29 is 102 Å². The van der Waals surface area contributed by atoms with Gasteiger partial charge in [-0.05, 0) is 58.4 Å². The number of aliphatic hydroxyl groups is 3. The Morgan fingerprint density at radius 2 is 1.48 bits per heavy atom. The van der Waals surface area contributed by atoms with E-state index >= 15 is 0 Å². The summed E-state index contributed by atoms with van der Waals surface area (Å²) in [6.07, 6.45) is -5.47. The molecule has 6 amide bonds. The topological polar surface area (TPSA) is 416 Å². The van der Waals surface area contributed by atoms with Gasteiger partial charge in [0.05, 0.1) is 60.6 Å². The number of phenols is 2. The third kappa shape index (κ3) is 16.4. The van der Waals surface area contributed by atoms with Crippen molar-refractivity contribution in [3.8, 4) is 17.2 Å². The molecule has 1 fully saturated rings. The number of unbranched alkanes of at least 4 members (excludes halogenated alkanes) is 2. The van der Waals surface area contributed by atoms with Crippen LogP contribution in [0.4, 0.5) is 0 Å². The first-order valence-corrected chi connectivity index (χ1v) is 29.4. The molecule has 10 N–H and O–H groups in total. The molecule has 26 heteroatoms. The van der Waals surface area contributed by atoms with Crippen LogP contribution in [-0.2, 0) is 68.6 Å². The molecule has 2 aromatic rings. The van der Waals surface area contributed by atoms with Crippen molar-refractivity contribution in [3.63, 3.8) is 0 Å². The maximum absolute atomic E-state index is 14.3. The summed E-state index contributed by atoms with van der Waals surface area (Å²) in [7, 11) is 1.26. The number of carbonyl (C=O) groups is 13. The lowest BCUT2D eigenvalue weighted by atomic mass is 9.72. The first-order valence-electron chi connectivity index (χ1n) is 29.4. The van der Waals surface area contributed by atoms with Crippen LogP contribution < -0.4 is 26.4 Å². The predicted molar refractivity (Wildman–Crippen MR) is 308 cm³/mol. The summed E-state index contributed by atoms with van der Waals surface area (Å²) < 4.78 is 17.7. The Hall–Kier alpha value is -7.91. The molecule has 0 radical (unpaired) electrons. The van der Waals surface area contributed by atoms with Gasteiger partial charge in [0.15, 0.2) is 29.4 Å². The molecule has 0 unspecified atom stereocenters. The highest BCUT2D eigenvalue weighted by Crippen LogP contribution is 2.52. The van der Waals surface area contributed by atoms with Gasteiger partial charge in [-0.25, -0.2) is 0 Å². The maximum Gasteiger partial charge on any atom is 0.253 e. The molecule has 0 saturated carbocycles. The number of Topliss-reactive ketones (excluding diaryl/α,β-unsaturated/α-hetero) is 5. The van der Waals surface area contributed by atoms with Crippen LogP contribution in [0.15, 0.2) is 30.4 Å². The number of ketones is 7. The number of fused-ring (bicyclic) bond motifs is 3. The second-order valence-corrected chi connectivity index (χ2v) is 23.8. The number of nitrogens with one attached hydrogen (secondary N) is 3. The summed E-state index contributed by atoms with van der Waals surface area (Å²) >= 11 is 0. The zero-order valence-electron chi connectivity index (χ0n) is 50.3. The molecular formula is C62H79N5O21. The number of benzene rings is 2. The fourth-order valence-corrected chi connectivity index (χ4v) is 11.6. The average molecular weight is 1230 g/mol. The van der Waals surface area contributed by atoms with Gasteiger partial charge < -0.3 is 66.2 Å². The van der Waals surface area contributed by atoms with Crippen molar-refractivity contribution in [3.05, 3.63) is 63.7 Å². The Labute approximate surface area is 507 Å². The number of amides is 6. The zero-order valence-corrected chi connectivity index (χ0v) is 50.3. The highest BCUT2D eigenvalue weighted by atomic mass is 16.7. The number of aromatic hydroxyl groups is 2. The molecule has 0 spiro atoms. The molecule has 2 aliphatic heterocycles. The van der Waals surface area contributed by atoms with Crippen LogP contribution in [-0.4, -0.2) is 169 Å². The smallest absolute Gasteiger partial charge is 0.253 e. The van der Waals surface area contributed by atoms with Gasteiger partial charge in [0.25, 0.3) is 11.8 Å². The number of nitrogens with zero attached hydrogens (tertiary/aromatic N) is 1. The van der Waals surface area contributed by atoms with E-state index in [0.717, 1.165) is 4.90 Å². The van der Waals surface area contributed by atoms with Crippen LogP contribution in [0.3, 0.4) is 0 Å². The number of ether oxygens (including phenoxy) is 3. The third-order valence-corrected chi connectivity index (χ3v) is 16.5. The molecule has 478 valence electrons.